The summed E-state index contributed by atoms with van der Waals surface area (Å²) in [5.74, 6) is 0.640. The van der Waals surface area contributed by atoms with E-state index in [2.05, 4.69) is 22.5 Å². The van der Waals surface area contributed by atoms with Crippen molar-refractivity contribution in [2.45, 2.75) is 31.7 Å². The number of piperidine rings is 1. The molecule has 1 fully saturated rings. The molecular formula is C11H19N3S. The molecule has 2 atom stereocenters. The van der Waals surface area contributed by atoms with Crippen LogP contribution in [0.3, 0.4) is 0 Å². The summed E-state index contributed by atoms with van der Waals surface area (Å²) in [6.07, 6.45) is 4.59. The topological polar surface area (TPSA) is 37.0 Å². The van der Waals surface area contributed by atoms with Gasteiger partial charge in [0.15, 0.2) is 0 Å². The van der Waals surface area contributed by atoms with E-state index in [0.29, 0.717) is 12.0 Å². The molecule has 0 aromatic carbocycles. The van der Waals surface area contributed by atoms with Gasteiger partial charge in [-0.25, -0.2) is 4.98 Å². The summed E-state index contributed by atoms with van der Waals surface area (Å²) in [5, 5.41) is 7.99. The highest BCUT2D eigenvalue weighted by atomic mass is 32.1. The number of hydrogen-bond acceptors (Lipinski definition) is 4. The number of rotatable bonds is 3. The largest absolute Gasteiger partial charge is 0.316 e. The van der Waals surface area contributed by atoms with Crippen molar-refractivity contribution in [3.05, 3.63) is 16.1 Å². The third kappa shape index (κ3) is 2.56. The maximum Gasteiger partial charge on any atom is 0.0971 e. The molecule has 0 saturated carbocycles. The Morgan fingerprint density at radius 1 is 1.67 bits per heavy atom. The van der Waals surface area contributed by atoms with Crippen molar-refractivity contribution in [1.29, 1.82) is 0 Å². The van der Waals surface area contributed by atoms with Crippen LogP contribution in [-0.4, -0.2) is 25.1 Å². The van der Waals surface area contributed by atoms with Gasteiger partial charge >= 0.3 is 0 Å². The van der Waals surface area contributed by atoms with Gasteiger partial charge in [0, 0.05) is 29.6 Å². The van der Waals surface area contributed by atoms with Crippen LogP contribution in [0.1, 0.15) is 41.6 Å². The number of thiazole rings is 1. The lowest BCUT2D eigenvalue weighted by Crippen LogP contribution is -2.28. The van der Waals surface area contributed by atoms with Crippen molar-refractivity contribution in [2.24, 2.45) is 0 Å². The van der Waals surface area contributed by atoms with E-state index in [-0.39, 0.29) is 0 Å². The summed E-state index contributed by atoms with van der Waals surface area (Å²) in [5.41, 5.74) is 0. The molecule has 0 radical (unpaired) electrons. The molecule has 2 unspecified atom stereocenters. The molecule has 0 spiro atoms. The second kappa shape index (κ2) is 5.05. The van der Waals surface area contributed by atoms with Crippen LogP contribution in [0.25, 0.3) is 0 Å². The van der Waals surface area contributed by atoms with Crippen LogP contribution in [0.2, 0.25) is 0 Å². The van der Waals surface area contributed by atoms with Gasteiger partial charge in [0.1, 0.15) is 0 Å². The molecule has 1 saturated heterocycles. The van der Waals surface area contributed by atoms with E-state index in [0.717, 1.165) is 6.54 Å². The van der Waals surface area contributed by atoms with Crippen molar-refractivity contribution in [2.75, 3.05) is 20.1 Å². The Kier molecular flexibility index (Phi) is 3.72. The quantitative estimate of drug-likeness (QED) is 0.825. The zero-order valence-electron chi connectivity index (χ0n) is 9.42. The molecule has 1 aliphatic rings. The Morgan fingerprint density at radius 3 is 3.20 bits per heavy atom. The Hall–Kier alpha value is -0.450. The van der Waals surface area contributed by atoms with E-state index < -0.39 is 0 Å². The van der Waals surface area contributed by atoms with Crippen LogP contribution in [-0.2, 0) is 0 Å². The van der Waals surface area contributed by atoms with Crippen LogP contribution in [0.5, 0.6) is 0 Å². The van der Waals surface area contributed by atoms with E-state index in [1.54, 1.807) is 0 Å². The van der Waals surface area contributed by atoms with Gasteiger partial charge < -0.3 is 10.6 Å². The molecule has 0 bridgehead atoms. The molecule has 4 heteroatoms. The second-order valence-corrected chi connectivity index (χ2v) is 5.25. The van der Waals surface area contributed by atoms with Crippen LogP contribution >= 0.6 is 11.3 Å². The molecule has 2 N–H and O–H groups in total. The van der Waals surface area contributed by atoms with Crippen LogP contribution in [0.4, 0.5) is 0 Å². The highest BCUT2D eigenvalue weighted by Gasteiger charge is 2.19. The van der Waals surface area contributed by atoms with Crippen molar-refractivity contribution in [1.82, 2.24) is 15.6 Å². The molecule has 0 aliphatic carbocycles. The highest BCUT2D eigenvalue weighted by Crippen LogP contribution is 2.29. The minimum atomic E-state index is 0.424. The van der Waals surface area contributed by atoms with Crippen LogP contribution in [0, 0.1) is 0 Å². The molecule has 1 aromatic heterocycles. The summed E-state index contributed by atoms with van der Waals surface area (Å²) < 4.78 is 0. The molecule has 3 nitrogen and oxygen atoms in total. The normalized spacial score (nSPS) is 24.0. The number of aromatic nitrogens is 1. The molecule has 1 aliphatic heterocycles. The summed E-state index contributed by atoms with van der Waals surface area (Å²) in [6.45, 7) is 4.44. The van der Waals surface area contributed by atoms with E-state index in [1.807, 2.05) is 24.6 Å². The first kappa shape index (κ1) is 11.0. The highest BCUT2D eigenvalue weighted by molar-refractivity contribution is 7.11. The summed E-state index contributed by atoms with van der Waals surface area (Å²) in [4.78, 5) is 5.89. The van der Waals surface area contributed by atoms with Gasteiger partial charge in [-0.2, -0.15) is 0 Å². The molecular weight excluding hydrogens is 206 g/mol. The van der Waals surface area contributed by atoms with Crippen molar-refractivity contribution in [3.8, 4) is 0 Å². The van der Waals surface area contributed by atoms with E-state index in [4.69, 9.17) is 0 Å². The van der Waals surface area contributed by atoms with Gasteiger partial charge in [-0.05, 0) is 33.4 Å². The second-order valence-electron chi connectivity index (χ2n) is 4.15. The number of hydrogen-bond donors (Lipinski definition) is 2. The maximum atomic E-state index is 4.55. The van der Waals surface area contributed by atoms with Gasteiger partial charge in [-0.3, -0.25) is 0 Å². The van der Waals surface area contributed by atoms with E-state index in [9.17, 15) is 0 Å². The molecule has 2 rings (SSSR count). The van der Waals surface area contributed by atoms with Gasteiger partial charge in [0.2, 0.25) is 0 Å². The third-order valence-electron chi connectivity index (χ3n) is 3.05. The molecule has 84 valence electrons. The summed E-state index contributed by atoms with van der Waals surface area (Å²) in [6, 6.07) is 0.424. The average Bonchev–Trinajstić information content (AvgIpc) is 2.78. The lowest BCUT2D eigenvalue weighted by atomic mass is 10.0. The van der Waals surface area contributed by atoms with E-state index in [1.165, 1.54) is 29.3 Å². The fraction of sp³-hybridized carbons (Fsp3) is 0.727. The zero-order chi connectivity index (χ0) is 10.7. The molecule has 1 aromatic rings. The maximum absolute atomic E-state index is 4.55. The first-order chi connectivity index (χ1) is 7.31. The first-order valence-corrected chi connectivity index (χ1v) is 6.46. The molecule has 0 amide bonds. The van der Waals surface area contributed by atoms with Gasteiger partial charge in [-0.15, -0.1) is 11.3 Å². The minimum Gasteiger partial charge on any atom is -0.316 e. The summed E-state index contributed by atoms with van der Waals surface area (Å²) in [7, 11) is 1.99. The zero-order valence-corrected chi connectivity index (χ0v) is 10.2. The third-order valence-corrected chi connectivity index (χ3v) is 4.39. The molecule has 2 heterocycles. The van der Waals surface area contributed by atoms with Gasteiger partial charge in [0.05, 0.1) is 5.01 Å². The molecule has 15 heavy (non-hydrogen) atoms. The van der Waals surface area contributed by atoms with Crippen molar-refractivity contribution >= 4 is 11.3 Å². The van der Waals surface area contributed by atoms with Crippen molar-refractivity contribution < 1.29 is 0 Å². The monoisotopic (exact) mass is 225 g/mol. The SMILES string of the molecule is CNC(C)c1cnc(C2CCCNC2)s1. The predicted molar refractivity (Wildman–Crippen MR) is 64.4 cm³/mol. The Bertz CT molecular complexity index is 305. The fourth-order valence-corrected chi connectivity index (χ4v) is 3.01. The predicted octanol–water partition coefficient (Wildman–Crippen LogP) is 1.89. The average molecular weight is 225 g/mol. The Morgan fingerprint density at radius 2 is 2.53 bits per heavy atom. The standard InChI is InChI=1S/C11H19N3S/c1-8(12-2)10-7-14-11(15-10)9-4-3-5-13-6-9/h7-9,12-13H,3-6H2,1-2H3. The summed E-state index contributed by atoms with van der Waals surface area (Å²) >= 11 is 1.86. The number of nitrogens with zero attached hydrogens (tertiary/aromatic N) is 1. The first-order valence-electron chi connectivity index (χ1n) is 5.65. The smallest absolute Gasteiger partial charge is 0.0971 e. The van der Waals surface area contributed by atoms with Crippen LogP contribution < -0.4 is 10.6 Å². The lowest BCUT2D eigenvalue weighted by molar-refractivity contribution is 0.460. The van der Waals surface area contributed by atoms with E-state index >= 15 is 0 Å². The fourth-order valence-electron chi connectivity index (χ4n) is 1.89. The van der Waals surface area contributed by atoms with Crippen LogP contribution in [0.15, 0.2) is 6.20 Å². The van der Waals surface area contributed by atoms with Gasteiger partial charge in [0.25, 0.3) is 0 Å². The Balaban J connectivity index is 2.05. The van der Waals surface area contributed by atoms with Crippen molar-refractivity contribution in [3.63, 3.8) is 0 Å². The minimum absolute atomic E-state index is 0.424. The lowest BCUT2D eigenvalue weighted by Gasteiger charge is -2.20. The number of nitrogens with one attached hydrogen (secondary N) is 2. The van der Waals surface area contributed by atoms with Gasteiger partial charge in [-0.1, -0.05) is 0 Å². The Labute approximate surface area is 95.3 Å².